The van der Waals surface area contributed by atoms with Crippen molar-refractivity contribution in [3.05, 3.63) is 35.4 Å². The summed E-state index contributed by atoms with van der Waals surface area (Å²) in [5.74, 6) is -0.806. The molecule has 2 saturated heterocycles. The highest BCUT2D eigenvalue weighted by Gasteiger charge is 2.32. The Bertz CT molecular complexity index is 621. The number of aliphatic imine (C=N–C) groups is 1. The summed E-state index contributed by atoms with van der Waals surface area (Å²) in [4.78, 5) is 6.78. The Balaban J connectivity index is 1.61. The maximum atomic E-state index is 13.8. The number of guanidine groups is 1. The fourth-order valence-electron chi connectivity index (χ4n) is 3.44. The van der Waals surface area contributed by atoms with Gasteiger partial charge in [0.25, 0.3) is 0 Å². The molecule has 3 rings (SSSR count). The van der Waals surface area contributed by atoms with Gasteiger partial charge in [-0.15, -0.1) is 0 Å². The van der Waals surface area contributed by atoms with Crippen LogP contribution in [0.15, 0.2) is 23.2 Å². The molecule has 26 heavy (non-hydrogen) atoms. The molecule has 0 spiro atoms. The van der Waals surface area contributed by atoms with Crippen molar-refractivity contribution in [3.63, 3.8) is 0 Å². The predicted octanol–water partition coefficient (Wildman–Crippen LogP) is 2.35. The van der Waals surface area contributed by atoms with Crippen molar-refractivity contribution >= 4 is 5.96 Å². The van der Waals surface area contributed by atoms with E-state index in [0.717, 1.165) is 51.1 Å². The highest BCUT2D eigenvalue weighted by Crippen LogP contribution is 2.21. The fraction of sp³-hybridized carbons (Fsp3) is 0.632. The molecule has 2 atom stereocenters. The zero-order valence-corrected chi connectivity index (χ0v) is 15.2. The Kier molecular flexibility index (Phi) is 6.80. The summed E-state index contributed by atoms with van der Waals surface area (Å²) in [7, 11) is 0. The topological polar surface area (TPSA) is 46.1 Å². The quantitative estimate of drug-likeness (QED) is 0.641. The molecule has 1 aromatic carbocycles. The molecule has 2 aliphatic rings. The van der Waals surface area contributed by atoms with E-state index in [1.54, 1.807) is 6.07 Å². The Morgan fingerprint density at radius 1 is 1.27 bits per heavy atom. The molecular weight excluding hydrogens is 340 g/mol. The molecule has 144 valence electrons. The van der Waals surface area contributed by atoms with Gasteiger partial charge in [-0.25, -0.2) is 8.78 Å². The number of hydrogen-bond acceptors (Lipinski definition) is 3. The Labute approximate surface area is 153 Å². The second kappa shape index (κ2) is 9.28. The van der Waals surface area contributed by atoms with Crippen LogP contribution in [0.2, 0.25) is 0 Å². The van der Waals surface area contributed by atoms with Crippen molar-refractivity contribution in [2.75, 3.05) is 39.4 Å². The highest BCUT2D eigenvalue weighted by molar-refractivity contribution is 5.80. The number of morpholine rings is 1. The molecule has 0 radical (unpaired) electrons. The molecule has 2 unspecified atom stereocenters. The summed E-state index contributed by atoms with van der Waals surface area (Å²) in [6.07, 6.45) is 2.68. The van der Waals surface area contributed by atoms with Crippen molar-refractivity contribution < 1.29 is 18.3 Å². The third kappa shape index (κ3) is 4.71. The van der Waals surface area contributed by atoms with Crippen LogP contribution in [-0.2, 0) is 15.9 Å². The first-order valence-electron chi connectivity index (χ1n) is 9.38. The standard InChI is InChI=1S/C19H27F2N3O2/c1-2-22-19(23-9-8-14-5-3-6-15(20)18(14)21)24-10-12-26-17(13-24)16-7-4-11-25-16/h3,5-6,16-17H,2,4,7-13H2,1H3,(H,22,23). The normalized spacial score (nSPS) is 24.1. The van der Waals surface area contributed by atoms with E-state index in [9.17, 15) is 8.78 Å². The van der Waals surface area contributed by atoms with Crippen molar-refractivity contribution in [3.8, 4) is 0 Å². The minimum Gasteiger partial charge on any atom is -0.375 e. The van der Waals surface area contributed by atoms with Crippen molar-refractivity contribution in [2.24, 2.45) is 4.99 Å². The van der Waals surface area contributed by atoms with Crippen LogP contribution in [0, 0.1) is 11.6 Å². The summed E-state index contributed by atoms with van der Waals surface area (Å²) in [5, 5.41) is 3.29. The van der Waals surface area contributed by atoms with Crippen LogP contribution in [0.3, 0.4) is 0 Å². The fourth-order valence-corrected chi connectivity index (χ4v) is 3.44. The summed E-state index contributed by atoms with van der Waals surface area (Å²) in [5.41, 5.74) is 0.351. The number of rotatable bonds is 5. The van der Waals surface area contributed by atoms with Crippen LogP contribution in [0.1, 0.15) is 25.3 Å². The number of ether oxygens (including phenoxy) is 2. The van der Waals surface area contributed by atoms with Gasteiger partial charge in [-0.2, -0.15) is 0 Å². The number of nitrogens with one attached hydrogen (secondary N) is 1. The van der Waals surface area contributed by atoms with Crippen LogP contribution in [0.25, 0.3) is 0 Å². The van der Waals surface area contributed by atoms with Gasteiger partial charge in [0.2, 0.25) is 0 Å². The SMILES string of the molecule is CCNC(=NCCc1cccc(F)c1F)N1CCOC(C2CCCO2)C1. The lowest BCUT2D eigenvalue weighted by Gasteiger charge is -2.37. The van der Waals surface area contributed by atoms with E-state index in [2.05, 4.69) is 15.2 Å². The molecule has 2 fully saturated rings. The molecule has 0 aliphatic carbocycles. The average molecular weight is 367 g/mol. The van der Waals surface area contributed by atoms with Crippen molar-refractivity contribution in [1.29, 1.82) is 0 Å². The van der Waals surface area contributed by atoms with Gasteiger partial charge in [0.1, 0.15) is 6.10 Å². The van der Waals surface area contributed by atoms with Gasteiger partial charge < -0.3 is 19.7 Å². The van der Waals surface area contributed by atoms with Gasteiger partial charge in [-0.05, 0) is 37.8 Å². The zero-order chi connectivity index (χ0) is 18.4. The van der Waals surface area contributed by atoms with Crippen LogP contribution in [0.5, 0.6) is 0 Å². The molecule has 0 amide bonds. The minimum absolute atomic E-state index is 0.0516. The van der Waals surface area contributed by atoms with Gasteiger partial charge in [-0.3, -0.25) is 4.99 Å². The molecule has 2 heterocycles. The summed E-state index contributed by atoms with van der Waals surface area (Å²) >= 11 is 0. The Hall–Kier alpha value is -1.73. The van der Waals surface area contributed by atoms with E-state index < -0.39 is 11.6 Å². The van der Waals surface area contributed by atoms with Crippen LogP contribution < -0.4 is 5.32 Å². The van der Waals surface area contributed by atoms with E-state index >= 15 is 0 Å². The van der Waals surface area contributed by atoms with Crippen LogP contribution >= 0.6 is 0 Å². The summed E-state index contributed by atoms with van der Waals surface area (Å²) in [6, 6.07) is 4.25. The van der Waals surface area contributed by atoms with E-state index in [1.165, 1.54) is 6.07 Å². The third-order valence-corrected chi connectivity index (χ3v) is 4.78. The molecule has 0 aromatic heterocycles. The molecule has 0 bridgehead atoms. The summed E-state index contributed by atoms with van der Waals surface area (Å²) < 4.78 is 38.7. The lowest BCUT2D eigenvalue weighted by atomic mass is 10.1. The van der Waals surface area contributed by atoms with Gasteiger partial charge in [0.05, 0.1) is 12.7 Å². The lowest BCUT2D eigenvalue weighted by Crippen LogP contribution is -2.53. The van der Waals surface area contributed by atoms with Crippen LogP contribution in [0.4, 0.5) is 8.78 Å². The third-order valence-electron chi connectivity index (χ3n) is 4.78. The van der Waals surface area contributed by atoms with Crippen LogP contribution in [-0.4, -0.2) is 62.5 Å². The molecule has 7 heteroatoms. The minimum atomic E-state index is -0.814. The summed E-state index contributed by atoms with van der Waals surface area (Å²) in [6.45, 7) is 6.07. The monoisotopic (exact) mass is 367 g/mol. The van der Waals surface area contributed by atoms with Gasteiger partial charge in [-0.1, -0.05) is 12.1 Å². The molecule has 2 aliphatic heterocycles. The van der Waals surface area contributed by atoms with Gasteiger partial charge in [0, 0.05) is 32.8 Å². The number of hydrogen-bond donors (Lipinski definition) is 1. The highest BCUT2D eigenvalue weighted by atomic mass is 19.2. The largest absolute Gasteiger partial charge is 0.375 e. The van der Waals surface area contributed by atoms with E-state index in [4.69, 9.17) is 9.47 Å². The number of halogens is 2. The molecule has 5 nitrogen and oxygen atoms in total. The van der Waals surface area contributed by atoms with Gasteiger partial charge in [0.15, 0.2) is 17.6 Å². The van der Waals surface area contributed by atoms with Gasteiger partial charge >= 0.3 is 0 Å². The first-order chi connectivity index (χ1) is 12.7. The smallest absolute Gasteiger partial charge is 0.194 e. The maximum absolute atomic E-state index is 13.8. The van der Waals surface area contributed by atoms with Crippen molar-refractivity contribution in [2.45, 2.75) is 38.4 Å². The number of nitrogens with zero attached hydrogens (tertiary/aromatic N) is 2. The molecular formula is C19H27F2N3O2. The molecule has 0 saturated carbocycles. The van der Waals surface area contributed by atoms with E-state index in [1.807, 2.05) is 6.92 Å². The Morgan fingerprint density at radius 2 is 2.12 bits per heavy atom. The molecule has 1 N–H and O–H groups in total. The number of benzene rings is 1. The first-order valence-corrected chi connectivity index (χ1v) is 9.38. The maximum Gasteiger partial charge on any atom is 0.194 e. The Morgan fingerprint density at radius 3 is 2.88 bits per heavy atom. The lowest BCUT2D eigenvalue weighted by molar-refractivity contribution is -0.0817. The first kappa shape index (κ1) is 19.0. The molecule has 1 aromatic rings. The van der Waals surface area contributed by atoms with E-state index in [-0.39, 0.29) is 12.2 Å². The second-order valence-electron chi connectivity index (χ2n) is 6.61. The second-order valence-corrected chi connectivity index (χ2v) is 6.61. The average Bonchev–Trinajstić information content (AvgIpc) is 3.19. The predicted molar refractivity (Wildman–Crippen MR) is 96.3 cm³/mol. The zero-order valence-electron chi connectivity index (χ0n) is 15.2. The van der Waals surface area contributed by atoms with Crippen molar-refractivity contribution in [1.82, 2.24) is 10.2 Å². The van der Waals surface area contributed by atoms with E-state index in [0.29, 0.717) is 25.1 Å².